The smallest absolute Gasteiger partial charge is 0.126 e. The summed E-state index contributed by atoms with van der Waals surface area (Å²) >= 11 is 0. The minimum atomic E-state index is -0.116. The molecule has 0 heterocycles. The molecule has 0 radical (unpaired) electrons. The summed E-state index contributed by atoms with van der Waals surface area (Å²) in [7, 11) is 0. The molecule has 0 amide bonds. The molecule has 0 saturated heterocycles. The second kappa shape index (κ2) is 4.56. The normalized spacial score (nSPS) is 12.9. The van der Waals surface area contributed by atoms with Crippen molar-refractivity contribution in [1.82, 2.24) is 0 Å². The van der Waals surface area contributed by atoms with Gasteiger partial charge in [-0.2, -0.15) is 0 Å². The van der Waals surface area contributed by atoms with Gasteiger partial charge in [-0.05, 0) is 55.5 Å². The van der Waals surface area contributed by atoms with Crippen LogP contribution in [0, 0.1) is 19.7 Å². The fourth-order valence-corrected chi connectivity index (χ4v) is 1.78. The van der Waals surface area contributed by atoms with Crippen LogP contribution in [0.25, 0.3) is 0 Å². The zero-order chi connectivity index (χ0) is 10.7. The van der Waals surface area contributed by atoms with Crippen LogP contribution in [-0.2, 0) is 0 Å². The van der Waals surface area contributed by atoms with Gasteiger partial charge in [-0.25, -0.2) is 4.39 Å². The van der Waals surface area contributed by atoms with Crippen LogP contribution in [0.3, 0.4) is 0 Å². The van der Waals surface area contributed by atoms with Crippen molar-refractivity contribution in [3.63, 3.8) is 0 Å². The number of hydrogen-bond donors (Lipinski definition) is 1. The molecule has 14 heavy (non-hydrogen) atoms. The Bertz CT molecular complexity index is 320. The molecule has 1 aromatic rings. The third-order valence-corrected chi connectivity index (χ3v) is 2.68. The van der Waals surface area contributed by atoms with Gasteiger partial charge >= 0.3 is 0 Å². The number of halogens is 1. The van der Waals surface area contributed by atoms with Crippen LogP contribution < -0.4 is 5.73 Å². The predicted octanol–water partition coefficient (Wildman–Crippen LogP) is 2.89. The van der Waals surface area contributed by atoms with E-state index in [9.17, 15) is 4.39 Å². The van der Waals surface area contributed by atoms with E-state index < -0.39 is 0 Å². The van der Waals surface area contributed by atoms with Gasteiger partial charge in [0.2, 0.25) is 0 Å². The number of aryl methyl sites for hydroxylation is 2. The van der Waals surface area contributed by atoms with Crippen molar-refractivity contribution < 1.29 is 4.39 Å². The molecule has 1 atom stereocenters. The highest BCUT2D eigenvalue weighted by molar-refractivity contribution is 5.33. The van der Waals surface area contributed by atoms with E-state index in [-0.39, 0.29) is 5.82 Å². The molecule has 1 aromatic carbocycles. The van der Waals surface area contributed by atoms with Crippen molar-refractivity contribution in [2.45, 2.75) is 33.1 Å². The monoisotopic (exact) mass is 195 g/mol. The average Bonchev–Trinajstić information content (AvgIpc) is 2.11. The molecule has 0 spiro atoms. The predicted molar refractivity (Wildman–Crippen MR) is 58.0 cm³/mol. The molecule has 78 valence electrons. The van der Waals surface area contributed by atoms with Crippen LogP contribution in [-0.4, -0.2) is 6.54 Å². The molecule has 2 heteroatoms. The molecule has 2 N–H and O–H groups in total. The standard InChI is InChI=1S/C12H18FN/c1-8(4-5-14)11-7-12(13)10(3)6-9(11)2/h6-8H,4-5,14H2,1-3H3. The summed E-state index contributed by atoms with van der Waals surface area (Å²) in [5, 5.41) is 0. The zero-order valence-electron chi connectivity index (χ0n) is 9.10. The minimum Gasteiger partial charge on any atom is -0.330 e. The van der Waals surface area contributed by atoms with Crippen LogP contribution in [0.1, 0.15) is 36.0 Å². The van der Waals surface area contributed by atoms with E-state index >= 15 is 0 Å². The molecule has 0 fully saturated rings. The van der Waals surface area contributed by atoms with Gasteiger partial charge in [-0.15, -0.1) is 0 Å². The fraction of sp³-hybridized carbons (Fsp3) is 0.500. The van der Waals surface area contributed by atoms with Gasteiger partial charge in [0.1, 0.15) is 5.82 Å². The molecule has 1 rings (SSSR count). The van der Waals surface area contributed by atoms with Crippen LogP contribution in [0.2, 0.25) is 0 Å². The van der Waals surface area contributed by atoms with Crippen LogP contribution in [0.15, 0.2) is 12.1 Å². The van der Waals surface area contributed by atoms with Crippen LogP contribution in [0.4, 0.5) is 4.39 Å². The number of benzene rings is 1. The highest BCUT2D eigenvalue weighted by Crippen LogP contribution is 2.24. The molecular weight excluding hydrogens is 177 g/mol. The molecule has 0 bridgehead atoms. The van der Waals surface area contributed by atoms with Crippen molar-refractivity contribution >= 4 is 0 Å². The quantitative estimate of drug-likeness (QED) is 0.788. The summed E-state index contributed by atoms with van der Waals surface area (Å²) in [5.41, 5.74) is 8.44. The lowest BCUT2D eigenvalue weighted by Crippen LogP contribution is -2.06. The van der Waals surface area contributed by atoms with E-state index in [0.29, 0.717) is 18.0 Å². The molecular formula is C12H18FN. The van der Waals surface area contributed by atoms with Crippen molar-refractivity contribution in [3.05, 3.63) is 34.6 Å². The zero-order valence-corrected chi connectivity index (χ0v) is 9.10. The summed E-state index contributed by atoms with van der Waals surface area (Å²) in [4.78, 5) is 0. The molecule has 0 aliphatic heterocycles. The first-order valence-electron chi connectivity index (χ1n) is 5.03. The van der Waals surface area contributed by atoms with Crippen molar-refractivity contribution in [2.75, 3.05) is 6.54 Å². The van der Waals surface area contributed by atoms with Gasteiger partial charge in [-0.1, -0.05) is 13.0 Å². The van der Waals surface area contributed by atoms with Gasteiger partial charge in [0.05, 0.1) is 0 Å². The third-order valence-electron chi connectivity index (χ3n) is 2.68. The summed E-state index contributed by atoms with van der Waals surface area (Å²) in [6.07, 6.45) is 0.906. The molecule has 1 nitrogen and oxygen atoms in total. The van der Waals surface area contributed by atoms with Gasteiger partial charge < -0.3 is 5.73 Å². The van der Waals surface area contributed by atoms with Gasteiger partial charge in [0.15, 0.2) is 0 Å². The minimum absolute atomic E-state index is 0.116. The molecule has 0 saturated carbocycles. The molecule has 0 aromatic heterocycles. The summed E-state index contributed by atoms with van der Waals surface area (Å²) in [6, 6.07) is 3.54. The lowest BCUT2D eigenvalue weighted by atomic mass is 9.92. The Morgan fingerprint density at radius 3 is 2.50 bits per heavy atom. The van der Waals surface area contributed by atoms with Crippen LogP contribution in [0.5, 0.6) is 0 Å². The molecule has 1 unspecified atom stereocenters. The van der Waals surface area contributed by atoms with E-state index in [2.05, 4.69) is 6.92 Å². The van der Waals surface area contributed by atoms with Crippen molar-refractivity contribution in [1.29, 1.82) is 0 Å². The summed E-state index contributed by atoms with van der Waals surface area (Å²) < 4.78 is 13.3. The SMILES string of the molecule is Cc1cc(C)c(C(C)CCN)cc1F. The first-order valence-corrected chi connectivity index (χ1v) is 5.03. The number of rotatable bonds is 3. The lowest BCUT2D eigenvalue weighted by molar-refractivity contribution is 0.606. The second-order valence-electron chi connectivity index (χ2n) is 3.94. The third kappa shape index (κ3) is 2.32. The largest absolute Gasteiger partial charge is 0.330 e. The first-order chi connectivity index (χ1) is 6.56. The Labute approximate surface area is 85.1 Å². The van der Waals surface area contributed by atoms with E-state index in [0.717, 1.165) is 17.5 Å². The second-order valence-corrected chi connectivity index (χ2v) is 3.94. The van der Waals surface area contributed by atoms with Crippen molar-refractivity contribution in [3.8, 4) is 0 Å². The Kier molecular flexibility index (Phi) is 3.64. The van der Waals surface area contributed by atoms with E-state index in [4.69, 9.17) is 5.73 Å². The highest BCUT2D eigenvalue weighted by atomic mass is 19.1. The maximum absolute atomic E-state index is 13.3. The lowest BCUT2D eigenvalue weighted by Gasteiger charge is -2.14. The number of nitrogens with two attached hydrogens (primary N) is 1. The maximum atomic E-state index is 13.3. The van der Waals surface area contributed by atoms with E-state index in [1.54, 1.807) is 13.0 Å². The van der Waals surface area contributed by atoms with Gasteiger partial charge in [-0.3, -0.25) is 0 Å². The molecule has 0 aliphatic rings. The first kappa shape index (κ1) is 11.2. The Balaban J connectivity index is 3.02. The average molecular weight is 195 g/mol. The van der Waals surface area contributed by atoms with Crippen LogP contribution >= 0.6 is 0 Å². The summed E-state index contributed by atoms with van der Waals surface area (Å²) in [6.45, 7) is 6.55. The Morgan fingerprint density at radius 2 is 1.93 bits per heavy atom. The Hall–Kier alpha value is -0.890. The fourth-order valence-electron chi connectivity index (χ4n) is 1.78. The van der Waals surface area contributed by atoms with Gasteiger partial charge in [0.25, 0.3) is 0 Å². The maximum Gasteiger partial charge on any atom is 0.126 e. The van der Waals surface area contributed by atoms with Gasteiger partial charge in [0, 0.05) is 0 Å². The molecule has 0 aliphatic carbocycles. The van der Waals surface area contributed by atoms with Crippen molar-refractivity contribution in [2.24, 2.45) is 5.73 Å². The van der Waals surface area contributed by atoms with E-state index in [1.165, 1.54) is 0 Å². The van der Waals surface area contributed by atoms with E-state index in [1.807, 2.05) is 13.0 Å². The topological polar surface area (TPSA) is 26.0 Å². The Morgan fingerprint density at radius 1 is 1.29 bits per heavy atom. The summed E-state index contributed by atoms with van der Waals surface area (Å²) in [5.74, 6) is 0.226. The number of hydrogen-bond acceptors (Lipinski definition) is 1. The highest BCUT2D eigenvalue weighted by Gasteiger charge is 2.10.